The van der Waals surface area contributed by atoms with Crippen molar-refractivity contribution in [2.75, 3.05) is 11.2 Å². The van der Waals surface area contributed by atoms with E-state index in [0.29, 0.717) is 54.3 Å². The maximum Gasteiger partial charge on any atom is 0.227 e. The molecule has 1 saturated heterocycles. The predicted octanol–water partition coefficient (Wildman–Crippen LogP) is 7.27. The number of rotatable bonds is 6. The highest BCUT2D eigenvalue weighted by atomic mass is 32.2. The SMILES string of the molecule is Cc1noc(C)c1-c1ccc2c(c1)nc([C@@H]1CCCC(=O)N1c1ccc(F)c(F)c1)n2-c1nc(C2=CCC(S(C)(=O)=O)CC2)cs1. The van der Waals surface area contributed by atoms with Crippen LogP contribution in [0.3, 0.4) is 0 Å². The minimum absolute atomic E-state index is 0.204. The summed E-state index contributed by atoms with van der Waals surface area (Å²) in [4.78, 5) is 25.0. The Kier molecular flexibility index (Phi) is 7.63. The second kappa shape index (κ2) is 11.5. The second-order valence-corrected chi connectivity index (χ2v) is 15.1. The van der Waals surface area contributed by atoms with Crippen molar-refractivity contribution in [1.82, 2.24) is 19.7 Å². The molecule has 2 aromatic carbocycles. The number of benzene rings is 2. The number of carbonyl (C=O) groups is 1. The van der Waals surface area contributed by atoms with Gasteiger partial charge in [-0.3, -0.25) is 9.36 Å². The molecule has 0 radical (unpaired) electrons. The van der Waals surface area contributed by atoms with Gasteiger partial charge in [0, 0.05) is 35.4 Å². The van der Waals surface area contributed by atoms with Crippen LogP contribution in [0.1, 0.15) is 67.5 Å². The van der Waals surface area contributed by atoms with E-state index in [0.717, 1.165) is 45.7 Å². The highest BCUT2D eigenvalue weighted by Crippen LogP contribution is 2.40. The van der Waals surface area contributed by atoms with Crippen molar-refractivity contribution >= 4 is 49.4 Å². The third kappa shape index (κ3) is 5.34. The number of thiazole rings is 1. The lowest BCUT2D eigenvalue weighted by Gasteiger charge is -2.35. The average Bonchev–Trinajstić information content (AvgIpc) is 3.74. The van der Waals surface area contributed by atoms with Crippen LogP contribution >= 0.6 is 11.3 Å². The van der Waals surface area contributed by atoms with Gasteiger partial charge in [0.15, 0.2) is 26.6 Å². The van der Waals surface area contributed by atoms with Gasteiger partial charge in [-0.15, -0.1) is 11.3 Å². The fourth-order valence-electron chi connectivity index (χ4n) is 6.59. The summed E-state index contributed by atoms with van der Waals surface area (Å²) in [5.74, 6) is -0.985. The molecule has 1 aliphatic heterocycles. The van der Waals surface area contributed by atoms with Crippen LogP contribution in [0.25, 0.3) is 32.9 Å². The van der Waals surface area contributed by atoms with Gasteiger partial charge in [-0.25, -0.2) is 27.2 Å². The molecule has 1 aliphatic carbocycles. The van der Waals surface area contributed by atoms with Crippen molar-refractivity contribution in [1.29, 1.82) is 0 Å². The van der Waals surface area contributed by atoms with Gasteiger partial charge in [0.1, 0.15) is 11.6 Å². The van der Waals surface area contributed by atoms with Crippen LogP contribution in [0.5, 0.6) is 0 Å². The molecule has 1 fully saturated rings. The van der Waals surface area contributed by atoms with Gasteiger partial charge in [0.2, 0.25) is 5.91 Å². The Labute approximate surface area is 268 Å². The third-order valence-corrected chi connectivity index (χ3v) is 11.4. The molecule has 0 saturated carbocycles. The molecule has 0 N–H and O–H groups in total. The number of carbonyl (C=O) groups excluding carboxylic acids is 1. The van der Waals surface area contributed by atoms with Crippen molar-refractivity contribution in [3.8, 4) is 16.3 Å². The summed E-state index contributed by atoms with van der Waals surface area (Å²) in [5.41, 5.74) is 5.96. The van der Waals surface area contributed by atoms with E-state index in [1.165, 1.54) is 28.6 Å². The molecule has 0 bridgehead atoms. The van der Waals surface area contributed by atoms with Crippen molar-refractivity contribution in [2.24, 2.45) is 0 Å². The quantitative estimate of drug-likeness (QED) is 0.188. The zero-order valence-electron chi connectivity index (χ0n) is 25.5. The summed E-state index contributed by atoms with van der Waals surface area (Å²) in [6.07, 6.45) is 6.25. The normalized spacial score (nSPS) is 19.2. The van der Waals surface area contributed by atoms with Gasteiger partial charge in [-0.2, -0.15) is 0 Å². The van der Waals surface area contributed by atoms with Gasteiger partial charge >= 0.3 is 0 Å². The highest BCUT2D eigenvalue weighted by Gasteiger charge is 2.36. The van der Waals surface area contributed by atoms with Crippen LogP contribution in [0, 0.1) is 25.5 Å². The molecule has 2 aliphatic rings. The maximum absolute atomic E-state index is 14.4. The van der Waals surface area contributed by atoms with Crippen molar-refractivity contribution in [3.63, 3.8) is 0 Å². The molecule has 13 heteroatoms. The van der Waals surface area contributed by atoms with Crippen molar-refractivity contribution in [3.05, 3.63) is 82.5 Å². The summed E-state index contributed by atoms with van der Waals surface area (Å²) < 4.78 is 59.9. The number of aromatic nitrogens is 4. The molecule has 46 heavy (non-hydrogen) atoms. The first kappa shape index (κ1) is 30.4. The molecular formula is C33H31F2N5O4S2. The van der Waals surface area contributed by atoms with Gasteiger partial charge in [0.25, 0.3) is 0 Å². The molecule has 0 spiro atoms. The molecule has 1 unspecified atom stereocenters. The Morgan fingerprint density at radius 3 is 2.54 bits per heavy atom. The van der Waals surface area contributed by atoms with Gasteiger partial charge < -0.3 is 9.42 Å². The molecule has 5 aromatic rings. The summed E-state index contributed by atoms with van der Waals surface area (Å²) in [6, 6.07) is 8.81. The Morgan fingerprint density at radius 2 is 1.85 bits per heavy atom. The van der Waals surface area contributed by atoms with E-state index in [1.54, 1.807) is 0 Å². The number of hydrogen-bond donors (Lipinski definition) is 0. The van der Waals surface area contributed by atoms with E-state index < -0.39 is 32.8 Å². The lowest BCUT2D eigenvalue weighted by molar-refractivity contribution is -0.120. The maximum atomic E-state index is 14.4. The van der Waals surface area contributed by atoms with E-state index in [-0.39, 0.29) is 18.0 Å². The first-order valence-corrected chi connectivity index (χ1v) is 17.9. The number of halogens is 2. The number of hydrogen-bond acceptors (Lipinski definition) is 8. The molecule has 3 aromatic heterocycles. The topological polar surface area (TPSA) is 111 Å². The van der Waals surface area contributed by atoms with E-state index >= 15 is 0 Å². The number of imidazole rings is 1. The van der Waals surface area contributed by atoms with Crippen molar-refractivity contribution < 1.29 is 26.5 Å². The third-order valence-electron chi connectivity index (χ3n) is 8.91. The van der Waals surface area contributed by atoms with E-state index in [4.69, 9.17) is 14.5 Å². The fourth-order valence-corrected chi connectivity index (χ4v) is 8.45. The first-order valence-electron chi connectivity index (χ1n) is 15.1. The molecule has 2 atom stereocenters. The number of piperidine rings is 1. The molecular weight excluding hydrogens is 633 g/mol. The number of nitrogens with zero attached hydrogens (tertiary/aromatic N) is 5. The number of aryl methyl sites for hydroxylation is 2. The largest absolute Gasteiger partial charge is 0.361 e. The van der Waals surface area contributed by atoms with Gasteiger partial charge in [-0.05, 0) is 81.4 Å². The fraction of sp³-hybridized carbons (Fsp3) is 0.333. The summed E-state index contributed by atoms with van der Waals surface area (Å²) in [5, 5.41) is 6.29. The average molecular weight is 664 g/mol. The molecule has 1 amide bonds. The Morgan fingerprint density at radius 1 is 1.02 bits per heavy atom. The molecule has 7 rings (SSSR count). The molecule has 4 heterocycles. The van der Waals surface area contributed by atoms with E-state index in [1.807, 2.05) is 48.1 Å². The number of anilines is 1. The zero-order chi connectivity index (χ0) is 32.3. The monoisotopic (exact) mass is 663 g/mol. The minimum Gasteiger partial charge on any atom is -0.361 e. The second-order valence-electron chi connectivity index (χ2n) is 11.9. The lowest BCUT2D eigenvalue weighted by atomic mass is 9.97. The summed E-state index contributed by atoms with van der Waals surface area (Å²) in [6.45, 7) is 3.73. The summed E-state index contributed by atoms with van der Waals surface area (Å²) in [7, 11) is -3.13. The highest BCUT2D eigenvalue weighted by molar-refractivity contribution is 7.91. The van der Waals surface area contributed by atoms with Crippen LogP contribution in [0.2, 0.25) is 0 Å². The number of sulfone groups is 1. The number of allylic oxidation sites excluding steroid dienone is 2. The molecule has 9 nitrogen and oxygen atoms in total. The van der Waals surface area contributed by atoms with Crippen LogP contribution in [-0.4, -0.2) is 45.5 Å². The van der Waals surface area contributed by atoms with Crippen LogP contribution in [-0.2, 0) is 14.6 Å². The van der Waals surface area contributed by atoms with Crippen molar-refractivity contribution in [2.45, 2.75) is 63.7 Å². The number of fused-ring (bicyclic) bond motifs is 1. The van der Waals surface area contributed by atoms with Gasteiger partial charge in [-0.1, -0.05) is 17.3 Å². The Hall–Kier alpha value is -4.23. The smallest absolute Gasteiger partial charge is 0.227 e. The molecule has 238 valence electrons. The van der Waals surface area contributed by atoms with E-state index in [9.17, 15) is 22.0 Å². The summed E-state index contributed by atoms with van der Waals surface area (Å²) >= 11 is 1.42. The standard InChI is InChI=1S/C33H31F2N5O4S2/c1-18-31(19(2)44-38-18)21-9-14-28-26(15-21)36-32(29-5-4-6-30(41)39(29)22-10-13-24(34)25(35)16-22)40(28)33-37-27(17-45-33)20-7-11-23(12-8-20)46(3,42)43/h7,9-10,13-17,23,29H,4-6,8,11-12H2,1-3H3/t23?,29-/m0/s1. The Balaban J connectivity index is 1.37. The van der Waals surface area contributed by atoms with Crippen LogP contribution < -0.4 is 4.90 Å². The number of amides is 1. The minimum atomic E-state index is -3.13. The van der Waals surface area contributed by atoms with Gasteiger partial charge in [0.05, 0.1) is 33.7 Å². The van der Waals surface area contributed by atoms with E-state index in [2.05, 4.69) is 5.16 Å². The Bertz CT molecular complexity index is 2130. The van der Waals surface area contributed by atoms with Crippen LogP contribution in [0.4, 0.5) is 14.5 Å². The lowest BCUT2D eigenvalue weighted by Crippen LogP contribution is -2.39. The predicted molar refractivity (Wildman–Crippen MR) is 173 cm³/mol. The van der Waals surface area contributed by atoms with Crippen LogP contribution in [0.15, 0.2) is 52.4 Å². The first-order chi connectivity index (χ1) is 22.0. The zero-order valence-corrected chi connectivity index (χ0v) is 27.1.